The minimum absolute atomic E-state index is 0.0619. The van der Waals surface area contributed by atoms with Crippen molar-refractivity contribution >= 4 is 11.6 Å². The second-order valence-electron chi connectivity index (χ2n) is 4.71. The van der Waals surface area contributed by atoms with Crippen LogP contribution in [0.4, 0.5) is 5.69 Å². The summed E-state index contributed by atoms with van der Waals surface area (Å²) >= 11 is 0. The van der Waals surface area contributed by atoms with E-state index in [9.17, 15) is 4.79 Å². The van der Waals surface area contributed by atoms with Crippen LogP contribution in [0.2, 0.25) is 0 Å². The predicted molar refractivity (Wildman–Crippen MR) is 75.2 cm³/mol. The minimum Gasteiger partial charge on any atom is -0.464 e. The van der Waals surface area contributed by atoms with E-state index in [0.717, 1.165) is 22.8 Å². The predicted octanol–water partition coefficient (Wildman–Crippen LogP) is 3.17. The number of furan rings is 1. The van der Waals surface area contributed by atoms with Crippen LogP contribution in [0.15, 0.2) is 34.7 Å². The summed E-state index contributed by atoms with van der Waals surface area (Å²) in [6.45, 7) is 5.89. The molecule has 1 amide bonds. The van der Waals surface area contributed by atoms with Gasteiger partial charge in [0.1, 0.15) is 11.5 Å². The fraction of sp³-hybridized carbons (Fsp3) is 0.267. The van der Waals surface area contributed by atoms with E-state index in [0.29, 0.717) is 5.56 Å². The highest BCUT2D eigenvalue weighted by Crippen LogP contribution is 2.24. The molecule has 1 unspecified atom stereocenters. The first-order valence-electron chi connectivity index (χ1n) is 6.20. The van der Waals surface area contributed by atoms with Crippen LogP contribution in [-0.2, 0) is 0 Å². The van der Waals surface area contributed by atoms with Crippen molar-refractivity contribution in [2.24, 2.45) is 5.73 Å². The van der Waals surface area contributed by atoms with Gasteiger partial charge in [0.2, 0.25) is 5.91 Å². The molecule has 1 atom stereocenters. The third-order valence-corrected chi connectivity index (χ3v) is 3.07. The summed E-state index contributed by atoms with van der Waals surface area (Å²) < 4.78 is 5.58. The average molecular weight is 258 g/mol. The highest BCUT2D eigenvalue weighted by molar-refractivity contribution is 5.93. The second kappa shape index (κ2) is 5.18. The third kappa shape index (κ3) is 2.96. The number of rotatable bonds is 4. The zero-order chi connectivity index (χ0) is 14.0. The van der Waals surface area contributed by atoms with Gasteiger partial charge < -0.3 is 15.5 Å². The second-order valence-corrected chi connectivity index (χ2v) is 4.71. The largest absolute Gasteiger partial charge is 0.464 e. The Labute approximate surface area is 112 Å². The molecule has 0 saturated carbocycles. The SMILES string of the molecule is Cc1ccc(C(C)Nc2ccc(C(N)=O)cc2C)o1. The summed E-state index contributed by atoms with van der Waals surface area (Å²) in [4.78, 5) is 11.1. The topological polar surface area (TPSA) is 68.3 Å². The number of primary amides is 1. The Balaban J connectivity index is 2.17. The summed E-state index contributed by atoms with van der Waals surface area (Å²) in [6, 6.07) is 9.33. The molecule has 3 N–H and O–H groups in total. The van der Waals surface area contributed by atoms with E-state index < -0.39 is 5.91 Å². The van der Waals surface area contributed by atoms with E-state index in [1.54, 1.807) is 12.1 Å². The molecule has 0 radical (unpaired) electrons. The van der Waals surface area contributed by atoms with Gasteiger partial charge in [0, 0.05) is 11.3 Å². The van der Waals surface area contributed by atoms with E-state index in [1.165, 1.54) is 0 Å². The number of aryl methyl sites for hydroxylation is 2. The number of hydrogen-bond donors (Lipinski definition) is 2. The van der Waals surface area contributed by atoms with Crippen LogP contribution in [-0.4, -0.2) is 5.91 Å². The molecule has 0 aliphatic heterocycles. The number of carbonyl (C=O) groups is 1. The van der Waals surface area contributed by atoms with Crippen molar-refractivity contribution in [3.63, 3.8) is 0 Å². The number of amides is 1. The van der Waals surface area contributed by atoms with Gasteiger partial charge in [-0.25, -0.2) is 0 Å². The smallest absolute Gasteiger partial charge is 0.248 e. The van der Waals surface area contributed by atoms with Crippen LogP contribution in [0.5, 0.6) is 0 Å². The Morgan fingerprint density at radius 1 is 1.26 bits per heavy atom. The van der Waals surface area contributed by atoms with Crippen LogP contribution in [0.3, 0.4) is 0 Å². The first-order valence-corrected chi connectivity index (χ1v) is 6.20. The summed E-state index contributed by atoms with van der Waals surface area (Å²) in [5.41, 5.74) is 7.71. The maximum absolute atomic E-state index is 11.1. The Bertz CT molecular complexity index is 602. The molecule has 0 aliphatic rings. The average Bonchev–Trinajstić information content (AvgIpc) is 2.78. The molecule has 4 heteroatoms. The van der Waals surface area contributed by atoms with E-state index in [2.05, 4.69) is 5.32 Å². The Morgan fingerprint density at radius 2 is 2.00 bits per heavy atom. The van der Waals surface area contributed by atoms with E-state index in [-0.39, 0.29) is 6.04 Å². The molecule has 1 aromatic heterocycles. The van der Waals surface area contributed by atoms with Crippen molar-refractivity contribution in [2.45, 2.75) is 26.8 Å². The van der Waals surface area contributed by atoms with E-state index in [1.807, 2.05) is 39.0 Å². The number of carbonyl (C=O) groups excluding carboxylic acids is 1. The van der Waals surface area contributed by atoms with Crippen LogP contribution in [0.25, 0.3) is 0 Å². The van der Waals surface area contributed by atoms with Crippen LogP contribution >= 0.6 is 0 Å². The van der Waals surface area contributed by atoms with E-state index in [4.69, 9.17) is 10.2 Å². The molecular weight excluding hydrogens is 240 g/mol. The van der Waals surface area contributed by atoms with Crippen molar-refractivity contribution < 1.29 is 9.21 Å². The van der Waals surface area contributed by atoms with Gasteiger partial charge in [-0.15, -0.1) is 0 Å². The number of nitrogens with two attached hydrogens (primary N) is 1. The lowest BCUT2D eigenvalue weighted by Gasteiger charge is -2.15. The highest BCUT2D eigenvalue weighted by Gasteiger charge is 2.11. The van der Waals surface area contributed by atoms with E-state index >= 15 is 0 Å². The number of hydrogen-bond acceptors (Lipinski definition) is 3. The van der Waals surface area contributed by atoms with Gasteiger partial charge in [-0.2, -0.15) is 0 Å². The molecule has 0 fully saturated rings. The third-order valence-electron chi connectivity index (χ3n) is 3.07. The molecule has 0 aliphatic carbocycles. The summed E-state index contributed by atoms with van der Waals surface area (Å²) in [7, 11) is 0. The highest BCUT2D eigenvalue weighted by atomic mass is 16.3. The Morgan fingerprint density at radius 3 is 2.53 bits per heavy atom. The molecule has 0 bridgehead atoms. The molecule has 100 valence electrons. The fourth-order valence-electron chi connectivity index (χ4n) is 1.97. The summed E-state index contributed by atoms with van der Waals surface area (Å²) in [6.07, 6.45) is 0. The van der Waals surface area contributed by atoms with Gasteiger partial charge in [0.05, 0.1) is 6.04 Å². The number of benzene rings is 1. The zero-order valence-corrected chi connectivity index (χ0v) is 11.4. The first-order chi connectivity index (χ1) is 8.97. The normalized spacial score (nSPS) is 12.2. The molecule has 1 aromatic carbocycles. The van der Waals surface area contributed by atoms with Crippen LogP contribution < -0.4 is 11.1 Å². The monoisotopic (exact) mass is 258 g/mol. The van der Waals surface area contributed by atoms with Crippen molar-refractivity contribution in [1.29, 1.82) is 0 Å². The molecule has 4 nitrogen and oxygen atoms in total. The summed E-state index contributed by atoms with van der Waals surface area (Å²) in [5, 5.41) is 3.36. The van der Waals surface area contributed by atoms with Crippen molar-refractivity contribution in [3.8, 4) is 0 Å². The first kappa shape index (κ1) is 13.2. The summed E-state index contributed by atoms with van der Waals surface area (Å²) in [5.74, 6) is 1.37. The Kier molecular flexibility index (Phi) is 3.60. The van der Waals surface area contributed by atoms with Crippen LogP contribution in [0, 0.1) is 13.8 Å². The van der Waals surface area contributed by atoms with Gasteiger partial charge in [-0.3, -0.25) is 4.79 Å². The molecule has 1 heterocycles. The van der Waals surface area contributed by atoms with Gasteiger partial charge in [-0.1, -0.05) is 0 Å². The molecule has 19 heavy (non-hydrogen) atoms. The van der Waals surface area contributed by atoms with Crippen LogP contribution in [0.1, 0.15) is 40.4 Å². The van der Waals surface area contributed by atoms with Gasteiger partial charge in [0.15, 0.2) is 0 Å². The molecule has 0 spiro atoms. The lowest BCUT2D eigenvalue weighted by molar-refractivity contribution is 0.1000. The maximum Gasteiger partial charge on any atom is 0.248 e. The van der Waals surface area contributed by atoms with Gasteiger partial charge in [0.25, 0.3) is 0 Å². The lowest BCUT2D eigenvalue weighted by Crippen LogP contribution is -2.12. The van der Waals surface area contributed by atoms with Gasteiger partial charge >= 0.3 is 0 Å². The maximum atomic E-state index is 11.1. The van der Waals surface area contributed by atoms with Crippen molar-refractivity contribution in [1.82, 2.24) is 0 Å². The Hall–Kier alpha value is -2.23. The zero-order valence-electron chi connectivity index (χ0n) is 11.4. The number of nitrogens with one attached hydrogen (secondary N) is 1. The van der Waals surface area contributed by atoms with Crippen molar-refractivity contribution in [2.75, 3.05) is 5.32 Å². The fourth-order valence-corrected chi connectivity index (χ4v) is 1.97. The molecule has 2 rings (SSSR count). The molecule has 2 aromatic rings. The number of anilines is 1. The quantitative estimate of drug-likeness (QED) is 0.885. The van der Waals surface area contributed by atoms with Crippen molar-refractivity contribution in [3.05, 3.63) is 53.0 Å². The lowest BCUT2D eigenvalue weighted by atomic mass is 10.1. The molecular formula is C15H18N2O2. The minimum atomic E-state index is -0.413. The van der Waals surface area contributed by atoms with Gasteiger partial charge in [-0.05, 0) is 56.7 Å². The standard InChI is InChI=1S/C15H18N2O2/c1-9-8-12(15(16)18)5-6-13(9)17-11(3)14-7-4-10(2)19-14/h4-8,11,17H,1-3H3,(H2,16,18). The molecule has 0 saturated heterocycles.